The minimum absolute atomic E-state index is 0.0311. The standard InChI is InChI=1S/C67H122NO8P/c1-6-8-10-12-14-16-18-20-21-22-23-24-25-26-27-28-29-30-31-32-33-34-35-36-37-38-39-40-41-42-43-44-45-46-47-48-50-52-54-56-58-60-67(70)76-65(64-75-77(71,72)74-62-61-68(3,4)5)63-73-66(69)59-57-55-53-51-49-19-17-15-13-11-9-7-2/h8,10,14-17,20-21,23-24,26-27,65H,6-7,9,11-13,18-19,22,25,28-64H2,1-5H3/p+1/b10-8-,16-14-,17-15-,21-20-,24-23-,27-26-. The molecule has 0 heterocycles. The molecule has 0 amide bonds. The highest BCUT2D eigenvalue weighted by atomic mass is 31.2. The number of carbonyl (C=O) groups is 2. The molecule has 0 aromatic carbocycles. The number of phosphoric acid groups is 1. The minimum atomic E-state index is -4.38. The van der Waals surface area contributed by atoms with Crippen LogP contribution >= 0.6 is 7.82 Å². The average molecular weight is 1100 g/mol. The van der Waals surface area contributed by atoms with Gasteiger partial charge >= 0.3 is 19.8 Å². The Kier molecular flexibility index (Phi) is 56.2. The molecule has 0 saturated heterocycles. The summed E-state index contributed by atoms with van der Waals surface area (Å²) < 4.78 is 34.5. The van der Waals surface area contributed by atoms with Gasteiger partial charge in [-0.2, -0.15) is 0 Å². The second-order valence-electron chi connectivity index (χ2n) is 22.8. The summed E-state index contributed by atoms with van der Waals surface area (Å²) in [5.41, 5.74) is 0. The molecule has 448 valence electrons. The number of nitrogens with zero attached hydrogens (tertiary/aromatic N) is 1. The van der Waals surface area contributed by atoms with Gasteiger partial charge < -0.3 is 18.9 Å². The number of esters is 2. The third-order valence-electron chi connectivity index (χ3n) is 14.0. The molecule has 0 aromatic heterocycles. The van der Waals surface area contributed by atoms with E-state index in [1.54, 1.807) is 0 Å². The molecule has 0 radical (unpaired) electrons. The number of hydrogen-bond acceptors (Lipinski definition) is 7. The highest BCUT2D eigenvalue weighted by Crippen LogP contribution is 2.43. The van der Waals surface area contributed by atoms with Gasteiger partial charge in [0.1, 0.15) is 19.8 Å². The number of likely N-dealkylation sites (N-methyl/N-ethyl adjacent to an activating group) is 1. The second kappa shape index (κ2) is 58.1. The van der Waals surface area contributed by atoms with Crippen LogP contribution in [0.3, 0.4) is 0 Å². The Bertz CT molecular complexity index is 1530. The van der Waals surface area contributed by atoms with Crippen LogP contribution in [0.1, 0.15) is 290 Å². The van der Waals surface area contributed by atoms with Crippen molar-refractivity contribution in [1.29, 1.82) is 0 Å². The normalized spacial score (nSPS) is 13.7. The predicted octanol–water partition coefficient (Wildman–Crippen LogP) is 20.4. The maximum atomic E-state index is 12.8. The highest BCUT2D eigenvalue weighted by molar-refractivity contribution is 7.47. The van der Waals surface area contributed by atoms with E-state index in [1.807, 2.05) is 21.1 Å². The molecule has 2 unspecified atom stereocenters. The van der Waals surface area contributed by atoms with Crippen LogP contribution in [0.2, 0.25) is 0 Å². The van der Waals surface area contributed by atoms with Gasteiger partial charge in [0.2, 0.25) is 0 Å². The van der Waals surface area contributed by atoms with Crippen molar-refractivity contribution >= 4 is 19.8 Å². The Labute approximate surface area is 476 Å². The summed E-state index contributed by atoms with van der Waals surface area (Å²) in [5, 5.41) is 0. The van der Waals surface area contributed by atoms with Gasteiger partial charge in [-0.05, 0) is 83.5 Å². The Balaban J connectivity index is 3.85. The van der Waals surface area contributed by atoms with Crippen LogP contribution in [0, 0.1) is 0 Å². The number of allylic oxidation sites excluding steroid dienone is 12. The van der Waals surface area contributed by atoms with Crippen molar-refractivity contribution in [3.8, 4) is 0 Å². The predicted molar refractivity (Wildman–Crippen MR) is 330 cm³/mol. The van der Waals surface area contributed by atoms with E-state index in [2.05, 4.69) is 86.8 Å². The quantitative estimate of drug-likeness (QED) is 0.0211. The van der Waals surface area contributed by atoms with Gasteiger partial charge in [0.15, 0.2) is 6.10 Å². The molecule has 0 aliphatic carbocycles. The fourth-order valence-corrected chi connectivity index (χ4v) is 9.78. The van der Waals surface area contributed by atoms with E-state index in [9.17, 15) is 19.0 Å². The molecule has 0 aromatic rings. The van der Waals surface area contributed by atoms with Gasteiger partial charge in [-0.25, -0.2) is 4.57 Å². The van der Waals surface area contributed by atoms with Crippen LogP contribution < -0.4 is 0 Å². The third kappa shape index (κ3) is 62.5. The molecule has 0 aliphatic heterocycles. The number of hydrogen-bond donors (Lipinski definition) is 1. The first-order valence-corrected chi connectivity index (χ1v) is 33.7. The molecule has 0 bridgehead atoms. The topological polar surface area (TPSA) is 108 Å². The van der Waals surface area contributed by atoms with Crippen molar-refractivity contribution in [2.75, 3.05) is 47.5 Å². The fraction of sp³-hybridized carbons (Fsp3) is 0.791. The number of unbranched alkanes of at least 4 members (excludes halogenated alkanes) is 33. The SMILES string of the molecule is CC/C=C\C/C=C\C/C=C\C/C=C\C/C=C\CCCCCCCCCCCCCCCCCCCCCCCCCCCC(=O)OC(COC(=O)CCCCCCC/C=C\CCCCC)COP(=O)(O)OCC[N+](C)(C)C. The van der Waals surface area contributed by atoms with Gasteiger partial charge in [-0.15, -0.1) is 0 Å². The van der Waals surface area contributed by atoms with Gasteiger partial charge in [0.25, 0.3) is 0 Å². The van der Waals surface area contributed by atoms with Gasteiger partial charge in [-0.3, -0.25) is 18.6 Å². The molecule has 10 heteroatoms. The largest absolute Gasteiger partial charge is 0.472 e. The first-order chi connectivity index (χ1) is 37.5. The van der Waals surface area contributed by atoms with Crippen molar-refractivity contribution < 1.29 is 42.1 Å². The monoisotopic (exact) mass is 1100 g/mol. The molecular formula is C67H123NO8P+. The smallest absolute Gasteiger partial charge is 0.462 e. The van der Waals surface area contributed by atoms with Crippen LogP contribution in [0.15, 0.2) is 72.9 Å². The third-order valence-corrected chi connectivity index (χ3v) is 15.0. The summed E-state index contributed by atoms with van der Waals surface area (Å²) in [6, 6.07) is 0. The molecule has 0 spiro atoms. The van der Waals surface area contributed by atoms with Crippen LogP contribution in [-0.2, 0) is 32.7 Å². The lowest BCUT2D eigenvalue weighted by Gasteiger charge is -2.24. The highest BCUT2D eigenvalue weighted by Gasteiger charge is 2.27. The van der Waals surface area contributed by atoms with Gasteiger partial charge in [0.05, 0.1) is 27.7 Å². The lowest BCUT2D eigenvalue weighted by molar-refractivity contribution is -0.870. The first kappa shape index (κ1) is 74.5. The number of rotatable bonds is 59. The van der Waals surface area contributed by atoms with Crippen LogP contribution in [0.25, 0.3) is 0 Å². The van der Waals surface area contributed by atoms with E-state index in [-0.39, 0.29) is 32.0 Å². The molecule has 0 rings (SSSR count). The molecule has 2 atom stereocenters. The van der Waals surface area contributed by atoms with Crippen LogP contribution in [-0.4, -0.2) is 74.9 Å². The van der Waals surface area contributed by atoms with E-state index in [1.165, 1.54) is 173 Å². The average Bonchev–Trinajstić information content (AvgIpc) is 3.39. The van der Waals surface area contributed by atoms with Crippen molar-refractivity contribution in [1.82, 2.24) is 0 Å². The Morgan fingerprint density at radius 3 is 1.12 bits per heavy atom. The zero-order valence-electron chi connectivity index (χ0n) is 50.9. The summed E-state index contributed by atoms with van der Waals surface area (Å²) in [6.07, 6.45) is 77.4. The van der Waals surface area contributed by atoms with Gasteiger partial charge in [0, 0.05) is 12.8 Å². The van der Waals surface area contributed by atoms with E-state index >= 15 is 0 Å². The molecule has 0 fully saturated rings. The van der Waals surface area contributed by atoms with Crippen molar-refractivity contribution in [3.05, 3.63) is 72.9 Å². The number of carbonyl (C=O) groups excluding carboxylic acids is 2. The van der Waals surface area contributed by atoms with E-state index in [0.717, 1.165) is 83.5 Å². The van der Waals surface area contributed by atoms with Crippen LogP contribution in [0.5, 0.6) is 0 Å². The van der Waals surface area contributed by atoms with E-state index < -0.39 is 26.5 Å². The lowest BCUT2D eigenvalue weighted by atomic mass is 10.0. The summed E-state index contributed by atoms with van der Waals surface area (Å²) in [4.78, 5) is 35.6. The molecule has 0 aliphatic rings. The van der Waals surface area contributed by atoms with Crippen LogP contribution in [0.4, 0.5) is 0 Å². The maximum Gasteiger partial charge on any atom is 0.472 e. The van der Waals surface area contributed by atoms with Crippen molar-refractivity contribution in [3.63, 3.8) is 0 Å². The zero-order chi connectivity index (χ0) is 56.3. The lowest BCUT2D eigenvalue weighted by Crippen LogP contribution is -2.37. The second-order valence-corrected chi connectivity index (χ2v) is 24.2. The molecule has 0 saturated carbocycles. The Morgan fingerprint density at radius 2 is 0.740 bits per heavy atom. The zero-order valence-corrected chi connectivity index (χ0v) is 51.8. The van der Waals surface area contributed by atoms with E-state index in [4.69, 9.17) is 18.5 Å². The summed E-state index contributed by atoms with van der Waals surface area (Å²) in [5.74, 6) is -0.798. The van der Waals surface area contributed by atoms with Gasteiger partial charge in [-0.1, -0.05) is 267 Å². The summed E-state index contributed by atoms with van der Waals surface area (Å²) in [7, 11) is 1.48. The first-order valence-electron chi connectivity index (χ1n) is 32.2. The molecule has 9 nitrogen and oxygen atoms in total. The summed E-state index contributed by atoms with van der Waals surface area (Å²) in [6.45, 7) is 4.30. The maximum absolute atomic E-state index is 12.8. The fourth-order valence-electron chi connectivity index (χ4n) is 9.04. The van der Waals surface area contributed by atoms with Crippen molar-refractivity contribution in [2.24, 2.45) is 0 Å². The minimum Gasteiger partial charge on any atom is -0.462 e. The molecular weight excluding hydrogens is 978 g/mol. The Hall–Kier alpha value is -2.55. The number of ether oxygens (including phenoxy) is 2. The number of phosphoric ester groups is 1. The number of quaternary nitrogens is 1. The van der Waals surface area contributed by atoms with Crippen molar-refractivity contribution in [2.45, 2.75) is 296 Å². The molecule has 77 heavy (non-hydrogen) atoms. The Morgan fingerprint density at radius 1 is 0.416 bits per heavy atom. The molecule has 1 N–H and O–H groups in total. The van der Waals surface area contributed by atoms with E-state index in [0.29, 0.717) is 17.4 Å². The summed E-state index contributed by atoms with van der Waals surface area (Å²) >= 11 is 0.